The third-order valence-electron chi connectivity index (χ3n) is 3.86. The predicted molar refractivity (Wildman–Crippen MR) is 75.8 cm³/mol. The lowest BCUT2D eigenvalue weighted by Crippen LogP contribution is -2.45. The summed E-state index contributed by atoms with van der Waals surface area (Å²) in [6.45, 7) is 6.98. The van der Waals surface area contributed by atoms with Crippen molar-refractivity contribution in [2.75, 3.05) is 20.1 Å². The molecule has 2 unspecified atom stereocenters. The van der Waals surface area contributed by atoms with Gasteiger partial charge in [-0.3, -0.25) is 4.90 Å². The molecule has 0 saturated heterocycles. The first-order valence-corrected chi connectivity index (χ1v) is 7.62. The van der Waals surface area contributed by atoms with Crippen LogP contribution in [0.2, 0.25) is 0 Å². The molecule has 96 valence electrons. The summed E-state index contributed by atoms with van der Waals surface area (Å²) in [6, 6.07) is 3.60. The number of nitrogens with zero attached hydrogens (tertiary/aromatic N) is 1. The molecule has 0 aliphatic carbocycles. The molecule has 2 heterocycles. The van der Waals surface area contributed by atoms with Gasteiger partial charge in [0.15, 0.2) is 0 Å². The van der Waals surface area contributed by atoms with Gasteiger partial charge in [-0.05, 0) is 43.8 Å². The Morgan fingerprint density at radius 3 is 3.12 bits per heavy atom. The van der Waals surface area contributed by atoms with E-state index in [9.17, 15) is 0 Å². The molecule has 3 heteroatoms. The maximum atomic E-state index is 3.35. The second-order valence-corrected chi connectivity index (χ2v) is 5.96. The summed E-state index contributed by atoms with van der Waals surface area (Å²) >= 11 is 1.93. The number of hydrogen-bond donors (Lipinski definition) is 1. The Labute approximate surface area is 109 Å². The summed E-state index contributed by atoms with van der Waals surface area (Å²) in [4.78, 5) is 4.29. The van der Waals surface area contributed by atoms with Crippen LogP contribution in [0.1, 0.15) is 43.2 Å². The Morgan fingerprint density at radius 1 is 1.59 bits per heavy atom. The van der Waals surface area contributed by atoms with Crippen molar-refractivity contribution in [2.24, 2.45) is 0 Å². The number of thiophene rings is 1. The van der Waals surface area contributed by atoms with Gasteiger partial charge < -0.3 is 5.32 Å². The molecule has 17 heavy (non-hydrogen) atoms. The summed E-state index contributed by atoms with van der Waals surface area (Å²) in [7, 11) is 2.06. The van der Waals surface area contributed by atoms with E-state index in [1.54, 1.807) is 10.4 Å². The highest BCUT2D eigenvalue weighted by Gasteiger charge is 2.29. The minimum atomic E-state index is 0.592. The second-order valence-electron chi connectivity index (χ2n) is 4.96. The van der Waals surface area contributed by atoms with E-state index in [1.165, 1.54) is 25.8 Å². The molecule has 2 atom stereocenters. The van der Waals surface area contributed by atoms with Crippen LogP contribution in [0.4, 0.5) is 0 Å². The Kier molecular flexibility index (Phi) is 4.60. The van der Waals surface area contributed by atoms with Crippen LogP contribution in [0.25, 0.3) is 0 Å². The number of hydrogen-bond acceptors (Lipinski definition) is 3. The van der Waals surface area contributed by atoms with E-state index in [-0.39, 0.29) is 0 Å². The number of fused-ring (bicyclic) bond motifs is 1. The quantitative estimate of drug-likeness (QED) is 0.866. The summed E-state index contributed by atoms with van der Waals surface area (Å²) in [5, 5.41) is 5.60. The molecule has 1 N–H and O–H groups in total. The van der Waals surface area contributed by atoms with E-state index in [2.05, 4.69) is 42.6 Å². The third kappa shape index (κ3) is 2.72. The Bertz CT molecular complexity index is 342. The standard InChI is InChI=1S/C14H24N2S/c1-4-5-12(10-15-3)16-8-6-14-13(11(16)2)7-9-17-14/h7,9,11-12,15H,4-6,8,10H2,1-3H3. The molecule has 0 spiro atoms. The van der Waals surface area contributed by atoms with Gasteiger partial charge in [0, 0.05) is 30.1 Å². The molecule has 0 amide bonds. The van der Waals surface area contributed by atoms with E-state index >= 15 is 0 Å². The van der Waals surface area contributed by atoms with E-state index < -0.39 is 0 Å². The normalized spacial score (nSPS) is 22.4. The van der Waals surface area contributed by atoms with Crippen LogP contribution in [0, 0.1) is 0 Å². The molecule has 0 radical (unpaired) electrons. The highest BCUT2D eigenvalue weighted by atomic mass is 32.1. The average Bonchev–Trinajstić information content (AvgIpc) is 2.78. The fraction of sp³-hybridized carbons (Fsp3) is 0.714. The van der Waals surface area contributed by atoms with E-state index in [4.69, 9.17) is 0 Å². The zero-order valence-corrected chi connectivity index (χ0v) is 12.0. The molecule has 1 aliphatic rings. The van der Waals surface area contributed by atoms with E-state index in [0.717, 1.165) is 6.54 Å². The third-order valence-corrected chi connectivity index (χ3v) is 4.85. The fourth-order valence-electron chi connectivity index (χ4n) is 2.98. The van der Waals surface area contributed by atoms with Crippen molar-refractivity contribution in [3.63, 3.8) is 0 Å². The van der Waals surface area contributed by atoms with Gasteiger partial charge in [0.2, 0.25) is 0 Å². The van der Waals surface area contributed by atoms with Gasteiger partial charge >= 0.3 is 0 Å². The zero-order chi connectivity index (χ0) is 12.3. The van der Waals surface area contributed by atoms with Crippen LogP contribution in [-0.2, 0) is 6.42 Å². The van der Waals surface area contributed by atoms with Crippen molar-refractivity contribution in [3.05, 3.63) is 21.9 Å². The summed E-state index contributed by atoms with van der Waals surface area (Å²) < 4.78 is 0. The number of likely N-dealkylation sites (N-methyl/N-ethyl adjacent to an activating group) is 1. The summed E-state index contributed by atoms with van der Waals surface area (Å²) in [5.74, 6) is 0. The molecular weight excluding hydrogens is 228 g/mol. The van der Waals surface area contributed by atoms with Gasteiger partial charge in [0.05, 0.1) is 0 Å². The Balaban J connectivity index is 2.11. The van der Waals surface area contributed by atoms with Crippen LogP contribution in [0.5, 0.6) is 0 Å². The maximum absolute atomic E-state index is 3.35. The van der Waals surface area contributed by atoms with E-state index in [0.29, 0.717) is 12.1 Å². The van der Waals surface area contributed by atoms with Crippen molar-refractivity contribution < 1.29 is 0 Å². The molecule has 0 bridgehead atoms. The van der Waals surface area contributed by atoms with Gasteiger partial charge in [-0.2, -0.15) is 0 Å². The smallest absolute Gasteiger partial charge is 0.0334 e. The molecule has 1 aromatic heterocycles. The largest absolute Gasteiger partial charge is 0.318 e. The highest BCUT2D eigenvalue weighted by Crippen LogP contribution is 2.34. The lowest BCUT2D eigenvalue weighted by Gasteiger charge is -2.39. The second kappa shape index (κ2) is 5.98. The van der Waals surface area contributed by atoms with Crippen LogP contribution in [0.3, 0.4) is 0 Å². The molecule has 2 nitrogen and oxygen atoms in total. The van der Waals surface area contributed by atoms with E-state index in [1.807, 2.05) is 11.3 Å². The summed E-state index contributed by atoms with van der Waals surface area (Å²) in [6.07, 6.45) is 3.80. The number of rotatable bonds is 5. The van der Waals surface area contributed by atoms with Crippen LogP contribution in [0.15, 0.2) is 11.4 Å². The van der Waals surface area contributed by atoms with Crippen molar-refractivity contribution in [1.82, 2.24) is 10.2 Å². The fourth-order valence-corrected chi connectivity index (χ4v) is 3.94. The first kappa shape index (κ1) is 13.1. The Hall–Kier alpha value is -0.380. The monoisotopic (exact) mass is 252 g/mol. The van der Waals surface area contributed by atoms with Crippen LogP contribution < -0.4 is 5.32 Å². The first-order chi connectivity index (χ1) is 8.27. The minimum Gasteiger partial charge on any atom is -0.318 e. The van der Waals surface area contributed by atoms with Gasteiger partial charge in [-0.25, -0.2) is 0 Å². The SMILES string of the molecule is CCCC(CNC)N1CCc2sccc2C1C. The lowest BCUT2D eigenvalue weighted by molar-refractivity contribution is 0.126. The van der Waals surface area contributed by atoms with Crippen molar-refractivity contribution >= 4 is 11.3 Å². The molecule has 2 rings (SSSR count). The topological polar surface area (TPSA) is 15.3 Å². The highest BCUT2D eigenvalue weighted by molar-refractivity contribution is 7.10. The maximum Gasteiger partial charge on any atom is 0.0334 e. The molecule has 0 aromatic carbocycles. The first-order valence-electron chi connectivity index (χ1n) is 6.74. The molecule has 0 fully saturated rings. The average molecular weight is 252 g/mol. The molecular formula is C14H24N2S. The molecule has 1 aliphatic heterocycles. The number of nitrogens with one attached hydrogen (secondary N) is 1. The summed E-state index contributed by atoms with van der Waals surface area (Å²) in [5.41, 5.74) is 1.57. The zero-order valence-electron chi connectivity index (χ0n) is 11.2. The molecule has 1 aromatic rings. The van der Waals surface area contributed by atoms with Crippen molar-refractivity contribution in [3.8, 4) is 0 Å². The Morgan fingerprint density at radius 2 is 2.41 bits per heavy atom. The van der Waals surface area contributed by atoms with Crippen molar-refractivity contribution in [1.29, 1.82) is 0 Å². The minimum absolute atomic E-state index is 0.592. The van der Waals surface area contributed by atoms with Crippen LogP contribution in [-0.4, -0.2) is 31.1 Å². The van der Waals surface area contributed by atoms with Gasteiger partial charge in [-0.1, -0.05) is 13.3 Å². The van der Waals surface area contributed by atoms with Crippen molar-refractivity contribution in [2.45, 2.75) is 45.2 Å². The van der Waals surface area contributed by atoms with Gasteiger partial charge in [0.1, 0.15) is 0 Å². The van der Waals surface area contributed by atoms with Crippen LogP contribution >= 0.6 is 11.3 Å². The van der Waals surface area contributed by atoms with Gasteiger partial charge in [0.25, 0.3) is 0 Å². The van der Waals surface area contributed by atoms with Gasteiger partial charge in [-0.15, -0.1) is 11.3 Å². The lowest BCUT2D eigenvalue weighted by atomic mass is 9.97. The predicted octanol–water partition coefficient (Wildman–Crippen LogP) is 3.06. The molecule has 0 saturated carbocycles.